The van der Waals surface area contributed by atoms with Crippen molar-refractivity contribution in [2.24, 2.45) is 5.41 Å². The van der Waals surface area contributed by atoms with E-state index in [1.807, 2.05) is 33.8 Å². The molecule has 0 heteroatoms. The van der Waals surface area contributed by atoms with Gasteiger partial charge in [0, 0.05) is 0 Å². The van der Waals surface area contributed by atoms with Gasteiger partial charge in [0.05, 0.1) is 0 Å². The smallest absolute Gasteiger partial charge is 0.0104 e. The Morgan fingerprint density at radius 2 is 1.56 bits per heavy atom. The molecule has 16 heavy (non-hydrogen) atoms. The van der Waals surface area contributed by atoms with E-state index in [4.69, 9.17) is 0 Å². The number of hydrogen-bond donors (Lipinski definition) is 0. The van der Waals surface area contributed by atoms with E-state index in [2.05, 4.69) is 27.4 Å². The third kappa shape index (κ3) is 6.15. The summed E-state index contributed by atoms with van der Waals surface area (Å²) in [5.74, 6) is 0. The summed E-state index contributed by atoms with van der Waals surface area (Å²) in [5.41, 5.74) is 3.39. The Bertz CT molecular complexity index is 194. The Balaban J connectivity index is -0.000000305. The zero-order chi connectivity index (χ0) is 12.5. The van der Waals surface area contributed by atoms with E-state index in [9.17, 15) is 0 Å². The van der Waals surface area contributed by atoms with Crippen LogP contribution in [0.2, 0.25) is 0 Å². The van der Waals surface area contributed by atoms with Crippen LogP contribution in [0, 0.1) is 5.41 Å². The molecule has 0 radical (unpaired) electrons. The van der Waals surface area contributed by atoms with Gasteiger partial charge in [-0.05, 0) is 37.2 Å². The fourth-order valence-electron chi connectivity index (χ4n) is 2.09. The van der Waals surface area contributed by atoms with Crippen molar-refractivity contribution in [1.82, 2.24) is 0 Å². The van der Waals surface area contributed by atoms with Gasteiger partial charge < -0.3 is 0 Å². The number of hydrogen-bond acceptors (Lipinski definition) is 0. The normalized spacial score (nSPS) is 16.9. The summed E-state index contributed by atoms with van der Waals surface area (Å²) in [6.45, 7) is 18.7. The standard InChI is InChI=1S/C11H18.2C2H6.CH4/c1-5-10-9(2)7-6-8-11(10,3)4;2*1-2;/h5H,1,6-8H2,2-4H3;2*1-2H3;1H4. The first-order valence-electron chi connectivity index (χ1n) is 6.40. The van der Waals surface area contributed by atoms with Crippen molar-refractivity contribution < 1.29 is 0 Å². The Morgan fingerprint density at radius 1 is 1.12 bits per heavy atom. The fourth-order valence-corrected chi connectivity index (χ4v) is 2.09. The van der Waals surface area contributed by atoms with Crippen molar-refractivity contribution in [2.45, 2.75) is 75.2 Å². The Morgan fingerprint density at radius 3 is 1.81 bits per heavy atom. The summed E-state index contributed by atoms with van der Waals surface area (Å²) in [4.78, 5) is 0. The maximum absolute atomic E-state index is 3.87. The molecule has 0 saturated heterocycles. The van der Waals surface area contributed by atoms with E-state index < -0.39 is 0 Å². The minimum atomic E-state index is 0. The Kier molecular flexibility index (Phi) is 14.3. The first-order chi connectivity index (χ1) is 7.08. The predicted molar refractivity (Wildman–Crippen MR) is 80.0 cm³/mol. The molecular weight excluding hydrogens is 192 g/mol. The van der Waals surface area contributed by atoms with Gasteiger partial charge in [-0.1, -0.05) is 67.2 Å². The topological polar surface area (TPSA) is 0 Å². The Hall–Kier alpha value is -0.520. The van der Waals surface area contributed by atoms with E-state index in [0.29, 0.717) is 5.41 Å². The highest BCUT2D eigenvalue weighted by atomic mass is 14.3. The molecule has 1 aliphatic carbocycles. The van der Waals surface area contributed by atoms with Gasteiger partial charge in [0.2, 0.25) is 0 Å². The average Bonchev–Trinajstić information content (AvgIpc) is 2.23. The second kappa shape index (κ2) is 11.0. The van der Waals surface area contributed by atoms with E-state index in [1.54, 1.807) is 0 Å². The summed E-state index contributed by atoms with van der Waals surface area (Å²) >= 11 is 0. The molecule has 0 bridgehead atoms. The highest BCUT2D eigenvalue weighted by Gasteiger charge is 2.25. The summed E-state index contributed by atoms with van der Waals surface area (Å²) in [6, 6.07) is 0. The summed E-state index contributed by atoms with van der Waals surface area (Å²) in [7, 11) is 0. The van der Waals surface area contributed by atoms with Crippen molar-refractivity contribution >= 4 is 0 Å². The van der Waals surface area contributed by atoms with Crippen LogP contribution in [0.1, 0.15) is 75.2 Å². The SMILES string of the molecule is C.C=CC1=C(C)CCCC1(C)C.CC.CC. The first-order valence-corrected chi connectivity index (χ1v) is 6.40. The van der Waals surface area contributed by atoms with Gasteiger partial charge in [0.15, 0.2) is 0 Å². The van der Waals surface area contributed by atoms with Crippen molar-refractivity contribution in [2.75, 3.05) is 0 Å². The lowest BCUT2D eigenvalue weighted by Crippen LogP contribution is -2.18. The minimum absolute atomic E-state index is 0. The highest BCUT2D eigenvalue weighted by molar-refractivity contribution is 5.31. The van der Waals surface area contributed by atoms with Crippen LogP contribution < -0.4 is 0 Å². The van der Waals surface area contributed by atoms with Crippen LogP contribution in [0.5, 0.6) is 0 Å². The largest absolute Gasteiger partial charge is 0.0988 e. The first kappa shape index (κ1) is 20.8. The molecule has 0 aliphatic heterocycles. The summed E-state index contributed by atoms with van der Waals surface area (Å²) < 4.78 is 0. The molecule has 0 aromatic carbocycles. The van der Waals surface area contributed by atoms with E-state index >= 15 is 0 Å². The van der Waals surface area contributed by atoms with Gasteiger partial charge in [-0.3, -0.25) is 0 Å². The fraction of sp³-hybridized carbons (Fsp3) is 0.750. The Labute approximate surface area is 105 Å². The highest BCUT2D eigenvalue weighted by Crippen LogP contribution is 2.40. The monoisotopic (exact) mass is 226 g/mol. The molecule has 0 atom stereocenters. The molecule has 0 spiro atoms. The maximum Gasteiger partial charge on any atom is -0.0104 e. The zero-order valence-electron chi connectivity index (χ0n) is 11.9. The summed E-state index contributed by atoms with van der Waals surface area (Å²) in [5, 5.41) is 0. The van der Waals surface area contributed by atoms with E-state index in [-0.39, 0.29) is 7.43 Å². The van der Waals surface area contributed by atoms with Crippen LogP contribution >= 0.6 is 0 Å². The van der Waals surface area contributed by atoms with Crippen LogP contribution in [-0.2, 0) is 0 Å². The lowest BCUT2D eigenvalue weighted by molar-refractivity contribution is 0.377. The molecule has 0 nitrogen and oxygen atoms in total. The average molecular weight is 226 g/mol. The van der Waals surface area contributed by atoms with E-state index in [0.717, 1.165) is 0 Å². The van der Waals surface area contributed by atoms with Crippen LogP contribution in [0.25, 0.3) is 0 Å². The predicted octanol–water partition coefficient (Wildman–Crippen LogP) is 6.39. The van der Waals surface area contributed by atoms with Crippen LogP contribution in [0.15, 0.2) is 23.8 Å². The van der Waals surface area contributed by atoms with Crippen molar-refractivity contribution in [1.29, 1.82) is 0 Å². The van der Waals surface area contributed by atoms with Gasteiger partial charge in [0.25, 0.3) is 0 Å². The second-order valence-corrected chi connectivity index (χ2v) is 4.14. The molecule has 0 saturated carbocycles. The third-order valence-corrected chi connectivity index (χ3v) is 2.75. The quantitative estimate of drug-likeness (QED) is 0.486. The molecular formula is C16H34. The third-order valence-electron chi connectivity index (χ3n) is 2.75. The number of rotatable bonds is 1. The zero-order valence-corrected chi connectivity index (χ0v) is 11.9. The lowest BCUT2D eigenvalue weighted by Gasteiger charge is -2.32. The molecule has 0 aromatic heterocycles. The second-order valence-electron chi connectivity index (χ2n) is 4.14. The number of allylic oxidation sites excluding steroid dienone is 3. The molecule has 0 N–H and O–H groups in total. The lowest BCUT2D eigenvalue weighted by atomic mass is 9.73. The molecule has 0 aromatic rings. The van der Waals surface area contributed by atoms with Crippen LogP contribution in [-0.4, -0.2) is 0 Å². The molecule has 0 unspecified atom stereocenters. The van der Waals surface area contributed by atoms with Crippen LogP contribution in [0.3, 0.4) is 0 Å². The molecule has 1 rings (SSSR count). The summed E-state index contributed by atoms with van der Waals surface area (Å²) in [6.07, 6.45) is 5.96. The van der Waals surface area contributed by atoms with Gasteiger partial charge in [0.1, 0.15) is 0 Å². The van der Waals surface area contributed by atoms with Crippen LogP contribution in [0.4, 0.5) is 0 Å². The van der Waals surface area contributed by atoms with Gasteiger partial charge >= 0.3 is 0 Å². The van der Waals surface area contributed by atoms with Crippen molar-refractivity contribution in [3.8, 4) is 0 Å². The van der Waals surface area contributed by atoms with E-state index in [1.165, 1.54) is 30.4 Å². The maximum atomic E-state index is 3.87. The van der Waals surface area contributed by atoms with Crippen molar-refractivity contribution in [3.63, 3.8) is 0 Å². The van der Waals surface area contributed by atoms with Gasteiger partial charge in [-0.15, -0.1) is 0 Å². The molecule has 98 valence electrons. The molecule has 1 aliphatic rings. The molecule has 0 fully saturated rings. The van der Waals surface area contributed by atoms with Gasteiger partial charge in [-0.2, -0.15) is 0 Å². The van der Waals surface area contributed by atoms with Gasteiger partial charge in [-0.25, -0.2) is 0 Å². The molecule has 0 amide bonds. The van der Waals surface area contributed by atoms with Crippen molar-refractivity contribution in [3.05, 3.63) is 23.8 Å². The minimum Gasteiger partial charge on any atom is -0.0988 e. The molecule has 0 heterocycles.